The Bertz CT molecular complexity index is 827. The fraction of sp³-hybridized carbons (Fsp3) is 0.200. The van der Waals surface area contributed by atoms with E-state index in [-0.39, 0.29) is 5.43 Å². The van der Waals surface area contributed by atoms with Gasteiger partial charge in [0.25, 0.3) is 0 Å². The van der Waals surface area contributed by atoms with Crippen molar-refractivity contribution in [3.8, 4) is 0 Å². The molecule has 1 N–H and O–H groups in total. The number of rotatable bonds is 4. The van der Waals surface area contributed by atoms with E-state index in [1.165, 1.54) is 16.0 Å². The molecule has 6 heteroatoms. The SMILES string of the molecule is C[NH+](Cc1ccc(Cl)s1)Cn1ncc(=O)c2ccccc21. The average molecular weight is 321 g/mol. The standard InChI is InChI=1S/C15H14ClN3OS/c1-18(9-11-6-7-15(16)21-11)10-19-13-5-3-2-4-12(13)14(20)8-17-19/h2-8H,9-10H2,1H3/p+1. The third-order valence-electron chi connectivity index (χ3n) is 3.29. The molecular formula is C15H15ClN3OS+. The van der Waals surface area contributed by atoms with Gasteiger partial charge in [-0.1, -0.05) is 23.7 Å². The molecule has 0 fully saturated rings. The summed E-state index contributed by atoms with van der Waals surface area (Å²) < 4.78 is 2.69. The van der Waals surface area contributed by atoms with Crippen LogP contribution < -0.4 is 10.3 Å². The first-order valence-electron chi connectivity index (χ1n) is 6.64. The van der Waals surface area contributed by atoms with Gasteiger partial charge < -0.3 is 4.90 Å². The minimum Gasteiger partial charge on any atom is -0.314 e. The molecule has 0 spiro atoms. The molecule has 1 atom stereocenters. The molecule has 4 nitrogen and oxygen atoms in total. The van der Waals surface area contributed by atoms with Crippen molar-refractivity contribution in [1.82, 2.24) is 9.78 Å². The Kier molecular flexibility index (Phi) is 4.05. The van der Waals surface area contributed by atoms with E-state index < -0.39 is 0 Å². The van der Waals surface area contributed by atoms with Crippen LogP contribution in [0.4, 0.5) is 0 Å². The number of aromatic nitrogens is 2. The topological polar surface area (TPSA) is 39.3 Å². The fourth-order valence-electron chi connectivity index (χ4n) is 2.34. The quantitative estimate of drug-likeness (QED) is 0.796. The van der Waals surface area contributed by atoms with Crippen molar-refractivity contribution < 1.29 is 4.90 Å². The van der Waals surface area contributed by atoms with Crippen molar-refractivity contribution >= 4 is 33.8 Å². The minimum atomic E-state index is -0.0375. The summed E-state index contributed by atoms with van der Waals surface area (Å²) in [7, 11) is 2.10. The summed E-state index contributed by atoms with van der Waals surface area (Å²) in [4.78, 5) is 14.3. The molecule has 0 saturated heterocycles. The van der Waals surface area contributed by atoms with Gasteiger partial charge in [-0.15, -0.1) is 11.3 Å². The van der Waals surface area contributed by atoms with Gasteiger partial charge in [0, 0.05) is 5.39 Å². The maximum absolute atomic E-state index is 11.8. The summed E-state index contributed by atoms with van der Waals surface area (Å²) in [5.74, 6) is 0. The van der Waals surface area contributed by atoms with Crippen LogP contribution in [0.15, 0.2) is 47.4 Å². The Labute approximate surface area is 131 Å². The summed E-state index contributed by atoms with van der Waals surface area (Å²) in [5, 5.41) is 4.96. The van der Waals surface area contributed by atoms with Gasteiger partial charge in [-0.05, 0) is 24.3 Å². The Hall–Kier alpha value is -1.69. The number of quaternary nitrogens is 1. The molecule has 0 bridgehead atoms. The third kappa shape index (κ3) is 3.15. The highest BCUT2D eigenvalue weighted by Gasteiger charge is 2.10. The highest BCUT2D eigenvalue weighted by Crippen LogP contribution is 2.20. The van der Waals surface area contributed by atoms with Crippen molar-refractivity contribution in [3.63, 3.8) is 0 Å². The number of para-hydroxylation sites is 1. The molecule has 0 amide bonds. The average Bonchev–Trinajstić information content (AvgIpc) is 2.87. The monoisotopic (exact) mass is 320 g/mol. The minimum absolute atomic E-state index is 0.0375. The Balaban J connectivity index is 1.84. The number of hydrogen-bond acceptors (Lipinski definition) is 3. The Morgan fingerprint density at radius 3 is 2.86 bits per heavy atom. The smallest absolute Gasteiger partial charge is 0.207 e. The molecule has 21 heavy (non-hydrogen) atoms. The van der Waals surface area contributed by atoms with Gasteiger partial charge in [0.15, 0.2) is 6.67 Å². The van der Waals surface area contributed by atoms with Gasteiger partial charge in [0.1, 0.15) is 6.54 Å². The summed E-state index contributed by atoms with van der Waals surface area (Å²) in [5.41, 5.74) is 0.832. The van der Waals surface area contributed by atoms with Crippen LogP contribution in [0.2, 0.25) is 4.34 Å². The lowest BCUT2D eigenvalue weighted by Gasteiger charge is -2.15. The lowest BCUT2D eigenvalue weighted by atomic mass is 10.2. The molecule has 1 aromatic carbocycles. The molecule has 0 aliphatic rings. The number of hydrogen-bond donors (Lipinski definition) is 1. The third-order valence-corrected chi connectivity index (χ3v) is 4.52. The van der Waals surface area contributed by atoms with Gasteiger partial charge in [0.2, 0.25) is 5.43 Å². The zero-order valence-electron chi connectivity index (χ0n) is 11.5. The molecule has 0 saturated carbocycles. The normalized spacial score (nSPS) is 12.7. The number of nitrogens with one attached hydrogen (secondary N) is 1. The predicted octanol–water partition coefficient (Wildman–Crippen LogP) is 1.78. The van der Waals surface area contributed by atoms with Crippen LogP contribution >= 0.6 is 22.9 Å². The summed E-state index contributed by atoms with van der Waals surface area (Å²) in [6.45, 7) is 1.57. The zero-order chi connectivity index (χ0) is 14.8. The Morgan fingerprint density at radius 2 is 2.10 bits per heavy atom. The van der Waals surface area contributed by atoms with Gasteiger partial charge in [0.05, 0.1) is 28.0 Å². The molecule has 3 rings (SSSR count). The van der Waals surface area contributed by atoms with E-state index in [1.54, 1.807) is 11.3 Å². The van der Waals surface area contributed by atoms with Crippen molar-refractivity contribution in [3.05, 3.63) is 62.0 Å². The largest absolute Gasteiger partial charge is 0.314 e. The van der Waals surface area contributed by atoms with E-state index >= 15 is 0 Å². The number of thiophene rings is 1. The maximum Gasteiger partial charge on any atom is 0.207 e. The van der Waals surface area contributed by atoms with Crippen LogP contribution in [0.25, 0.3) is 10.9 Å². The van der Waals surface area contributed by atoms with E-state index in [0.717, 1.165) is 16.4 Å². The fourth-order valence-corrected chi connectivity index (χ4v) is 3.54. The molecule has 3 aromatic rings. The second kappa shape index (κ2) is 5.97. The van der Waals surface area contributed by atoms with E-state index in [0.29, 0.717) is 12.1 Å². The van der Waals surface area contributed by atoms with Crippen LogP contribution in [0.3, 0.4) is 0 Å². The van der Waals surface area contributed by atoms with E-state index in [1.807, 2.05) is 41.1 Å². The number of halogens is 1. The second-order valence-electron chi connectivity index (χ2n) is 5.02. The molecule has 108 valence electrons. The summed E-state index contributed by atoms with van der Waals surface area (Å²) in [6.07, 6.45) is 1.39. The molecule has 0 radical (unpaired) electrons. The van der Waals surface area contributed by atoms with Gasteiger partial charge >= 0.3 is 0 Å². The molecule has 1 unspecified atom stereocenters. The van der Waals surface area contributed by atoms with Crippen LogP contribution in [0, 0.1) is 0 Å². The van der Waals surface area contributed by atoms with Gasteiger partial charge in [-0.2, -0.15) is 5.10 Å². The number of fused-ring (bicyclic) bond motifs is 1. The Morgan fingerprint density at radius 1 is 1.29 bits per heavy atom. The summed E-state index contributed by atoms with van der Waals surface area (Å²) in [6, 6.07) is 11.5. The van der Waals surface area contributed by atoms with Crippen LogP contribution in [0.1, 0.15) is 4.88 Å². The van der Waals surface area contributed by atoms with Crippen molar-refractivity contribution in [2.75, 3.05) is 7.05 Å². The van der Waals surface area contributed by atoms with Crippen LogP contribution in [0.5, 0.6) is 0 Å². The molecule has 2 aromatic heterocycles. The van der Waals surface area contributed by atoms with Crippen molar-refractivity contribution in [1.29, 1.82) is 0 Å². The molecule has 2 heterocycles. The second-order valence-corrected chi connectivity index (χ2v) is 6.82. The molecular weight excluding hydrogens is 306 g/mol. The molecule has 0 aliphatic carbocycles. The highest BCUT2D eigenvalue weighted by atomic mass is 35.5. The lowest BCUT2D eigenvalue weighted by molar-refractivity contribution is -0.916. The zero-order valence-corrected chi connectivity index (χ0v) is 13.1. The first-order valence-corrected chi connectivity index (χ1v) is 7.83. The van der Waals surface area contributed by atoms with Crippen molar-refractivity contribution in [2.24, 2.45) is 0 Å². The van der Waals surface area contributed by atoms with Crippen LogP contribution in [-0.4, -0.2) is 16.8 Å². The van der Waals surface area contributed by atoms with E-state index in [4.69, 9.17) is 11.6 Å². The molecule has 0 aliphatic heterocycles. The number of benzene rings is 1. The first kappa shape index (κ1) is 14.3. The predicted molar refractivity (Wildman–Crippen MR) is 85.9 cm³/mol. The van der Waals surface area contributed by atoms with E-state index in [2.05, 4.69) is 12.1 Å². The maximum atomic E-state index is 11.8. The first-order chi connectivity index (χ1) is 10.1. The lowest BCUT2D eigenvalue weighted by Crippen LogP contribution is -3.06. The highest BCUT2D eigenvalue weighted by molar-refractivity contribution is 7.16. The van der Waals surface area contributed by atoms with Gasteiger partial charge in [-0.3, -0.25) is 4.79 Å². The summed E-state index contributed by atoms with van der Waals surface area (Å²) >= 11 is 7.55. The van der Waals surface area contributed by atoms with E-state index in [9.17, 15) is 4.79 Å². The van der Waals surface area contributed by atoms with Crippen LogP contribution in [-0.2, 0) is 13.2 Å². The van der Waals surface area contributed by atoms with Gasteiger partial charge in [-0.25, -0.2) is 4.68 Å². The number of nitrogens with zero attached hydrogens (tertiary/aromatic N) is 2. The van der Waals surface area contributed by atoms with Crippen molar-refractivity contribution in [2.45, 2.75) is 13.2 Å².